The van der Waals surface area contributed by atoms with E-state index >= 15 is 0 Å². The molecule has 0 radical (unpaired) electrons. The minimum absolute atomic E-state index is 0.0405. The molecule has 2 amide bonds. The predicted molar refractivity (Wildman–Crippen MR) is 83.8 cm³/mol. The Morgan fingerprint density at radius 3 is 2.65 bits per heavy atom. The normalized spacial score (nSPS) is 18.7. The number of hydrogen-bond acceptors (Lipinski definition) is 5. The van der Waals surface area contributed by atoms with Crippen LogP contribution in [0.1, 0.15) is 19.3 Å². The highest BCUT2D eigenvalue weighted by molar-refractivity contribution is 7.92. The van der Waals surface area contributed by atoms with E-state index in [0.717, 1.165) is 12.8 Å². The summed E-state index contributed by atoms with van der Waals surface area (Å²) in [6.45, 7) is 0.579. The van der Waals surface area contributed by atoms with Gasteiger partial charge in [-0.1, -0.05) is 0 Å². The van der Waals surface area contributed by atoms with Crippen LogP contribution in [-0.2, 0) is 19.4 Å². The standard InChI is InChI=1S/C15H20N2O5S/c1-22-11-5-7-12(8-6-11)23(20,21)10-14(18)17-13-4-2-3-9-16-15(13)19/h5-8,13H,2-4,9-10H2,1H3,(H,16,19)(H,17,18)/t13-/m0/s1. The van der Waals surface area contributed by atoms with Gasteiger partial charge in [0.1, 0.15) is 17.5 Å². The highest BCUT2D eigenvalue weighted by atomic mass is 32.2. The minimum atomic E-state index is -3.76. The van der Waals surface area contributed by atoms with Crippen molar-refractivity contribution in [2.45, 2.75) is 30.2 Å². The smallest absolute Gasteiger partial charge is 0.242 e. The van der Waals surface area contributed by atoms with Gasteiger partial charge in [0.05, 0.1) is 12.0 Å². The molecule has 0 aromatic heterocycles. The zero-order chi connectivity index (χ0) is 16.9. The van der Waals surface area contributed by atoms with Crippen LogP contribution in [0.4, 0.5) is 0 Å². The molecule has 2 rings (SSSR count). The molecule has 2 N–H and O–H groups in total. The molecule has 126 valence electrons. The maximum Gasteiger partial charge on any atom is 0.242 e. The van der Waals surface area contributed by atoms with Crippen molar-refractivity contribution < 1.29 is 22.7 Å². The van der Waals surface area contributed by atoms with Gasteiger partial charge in [0, 0.05) is 6.54 Å². The molecule has 8 heteroatoms. The number of amides is 2. The number of nitrogens with one attached hydrogen (secondary N) is 2. The molecule has 23 heavy (non-hydrogen) atoms. The first-order valence-corrected chi connectivity index (χ1v) is 9.01. The third-order valence-corrected chi connectivity index (χ3v) is 5.24. The molecule has 1 aromatic carbocycles. The van der Waals surface area contributed by atoms with Crippen LogP contribution in [0.25, 0.3) is 0 Å². The third-order valence-electron chi connectivity index (χ3n) is 3.61. The zero-order valence-corrected chi connectivity index (χ0v) is 13.7. The van der Waals surface area contributed by atoms with Gasteiger partial charge < -0.3 is 15.4 Å². The Bertz CT molecular complexity index is 670. The van der Waals surface area contributed by atoms with Crippen LogP contribution in [0, 0.1) is 0 Å². The van der Waals surface area contributed by atoms with E-state index in [9.17, 15) is 18.0 Å². The topological polar surface area (TPSA) is 102 Å². The quantitative estimate of drug-likeness (QED) is 0.800. The highest BCUT2D eigenvalue weighted by Crippen LogP contribution is 2.16. The third kappa shape index (κ3) is 4.69. The lowest BCUT2D eigenvalue weighted by Crippen LogP contribution is -2.47. The lowest BCUT2D eigenvalue weighted by molar-refractivity contribution is -0.127. The Hall–Kier alpha value is -2.09. The van der Waals surface area contributed by atoms with Crippen molar-refractivity contribution in [3.8, 4) is 5.75 Å². The van der Waals surface area contributed by atoms with E-state index in [-0.39, 0.29) is 10.8 Å². The van der Waals surface area contributed by atoms with Gasteiger partial charge in [-0.25, -0.2) is 8.42 Å². The van der Waals surface area contributed by atoms with Crippen LogP contribution in [0.5, 0.6) is 5.75 Å². The molecule has 0 saturated carbocycles. The summed E-state index contributed by atoms with van der Waals surface area (Å²) in [6, 6.07) is 5.14. The van der Waals surface area contributed by atoms with Crippen LogP contribution in [-0.4, -0.2) is 45.7 Å². The number of rotatable bonds is 5. The number of carbonyl (C=O) groups excluding carboxylic acids is 2. The summed E-state index contributed by atoms with van der Waals surface area (Å²) in [5.41, 5.74) is 0. The molecule has 1 aliphatic heterocycles. The lowest BCUT2D eigenvalue weighted by Gasteiger charge is -2.15. The van der Waals surface area contributed by atoms with Crippen molar-refractivity contribution in [2.24, 2.45) is 0 Å². The highest BCUT2D eigenvalue weighted by Gasteiger charge is 2.25. The van der Waals surface area contributed by atoms with Gasteiger partial charge in [-0.05, 0) is 43.5 Å². The molecule has 1 atom stereocenters. The summed E-state index contributed by atoms with van der Waals surface area (Å²) in [6.07, 6.45) is 2.16. The Kier molecular flexibility index (Phi) is 5.59. The number of methoxy groups -OCH3 is 1. The van der Waals surface area contributed by atoms with E-state index in [0.29, 0.717) is 18.7 Å². The summed E-state index contributed by atoms with van der Waals surface area (Å²) >= 11 is 0. The fraction of sp³-hybridized carbons (Fsp3) is 0.467. The molecule has 1 saturated heterocycles. The SMILES string of the molecule is COc1ccc(S(=O)(=O)CC(=O)N[C@H]2CCCCNC2=O)cc1. The predicted octanol–water partition coefficient (Wildman–Crippen LogP) is 0.254. The average Bonchev–Trinajstić information content (AvgIpc) is 2.72. The van der Waals surface area contributed by atoms with Gasteiger partial charge in [-0.2, -0.15) is 0 Å². The molecule has 1 fully saturated rings. The number of hydrogen-bond donors (Lipinski definition) is 2. The Balaban J connectivity index is 2.01. The average molecular weight is 340 g/mol. The van der Waals surface area contributed by atoms with Gasteiger partial charge in [0.2, 0.25) is 11.8 Å². The van der Waals surface area contributed by atoms with Gasteiger partial charge in [0.15, 0.2) is 9.84 Å². The summed E-state index contributed by atoms with van der Waals surface area (Å²) in [5, 5.41) is 5.19. The second-order valence-electron chi connectivity index (χ2n) is 5.34. The van der Waals surface area contributed by atoms with E-state index in [1.807, 2.05) is 0 Å². The minimum Gasteiger partial charge on any atom is -0.497 e. The fourth-order valence-electron chi connectivity index (χ4n) is 2.35. The van der Waals surface area contributed by atoms with Gasteiger partial charge >= 0.3 is 0 Å². The first kappa shape index (κ1) is 17.3. The summed E-state index contributed by atoms with van der Waals surface area (Å²) < 4.78 is 29.4. The lowest BCUT2D eigenvalue weighted by atomic mass is 10.1. The molecule has 7 nitrogen and oxygen atoms in total. The number of benzene rings is 1. The molecular weight excluding hydrogens is 320 g/mol. The second kappa shape index (κ2) is 7.45. The maximum absolute atomic E-state index is 12.2. The van der Waals surface area contributed by atoms with Crippen molar-refractivity contribution in [3.05, 3.63) is 24.3 Å². The van der Waals surface area contributed by atoms with Crippen LogP contribution < -0.4 is 15.4 Å². The van der Waals surface area contributed by atoms with E-state index in [4.69, 9.17) is 4.74 Å². The zero-order valence-electron chi connectivity index (χ0n) is 12.9. The molecule has 1 aromatic rings. The summed E-state index contributed by atoms with van der Waals surface area (Å²) in [5.74, 6) is -1.10. The number of carbonyl (C=O) groups is 2. The summed E-state index contributed by atoms with van der Waals surface area (Å²) in [7, 11) is -2.28. The first-order chi connectivity index (χ1) is 10.9. The summed E-state index contributed by atoms with van der Waals surface area (Å²) in [4.78, 5) is 23.8. The molecule has 0 bridgehead atoms. The molecule has 1 aliphatic rings. The Morgan fingerprint density at radius 1 is 1.30 bits per heavy atom. The van der Waals surface area contributed by atoms with Crippen LogP contribution >= 0.6 is 0 Å². The van der Waals surface area contributed by atoms with Crippen LogP contribution in [0.15, 0.2) is 29.2 Å². The van der Waals surface area contributed by atoms with Crippen molar-refractivity contribution in [1.29, 1.82) is 0 Å². The first-order valence-electron chi connectivity index (χ1n) is 7.36. The van der Waals surface area contributed by atoms with Crippen LogP contribution in [0.3, 0.4) is 0 Å². The van der Waals surface area contributed by atoms with Crippen molar-refractivity contribution in [2.75, 3.05) is 19.4 Å². The van der Waals surface area contributed by atoms with E-state index in [2.05, 4.69) is 10.6 Å². The fourth-order valence-corrected chi connectivity index (χ4v) is 3.50. The molecule has 0 aliphatic carbocycles. The molecule has 0 unspecified atom stereocenters. The van der Waals surface area contributed by atoms with Crippen molar-refractivity contribution in [3.63, 3.8) is 0 Å². The number of sulfone groups is 1. The molecule has 1 heterocycles. The van der Waals surface area contributed by atoms with E-state index in [1.54, 1.807) is 0 Å². The largest absolute Gasteiger partial charge is 0.497 e. The Morgan fingerprint density at radius 2 is 2.00 bits per heavy atom. The monoisotopic (exact) mass is 340 g/mol. The van der Waals surface area contributed by atoms with Gasteiger partial charge in [-0.3, -0.25) is 9.59 Å². The van der Waals surface area contributed by atoms with Crippen molar-refractivity contribution in [1.82, 2.24) is 10.6 Å². The molecular formula is C15H20N2O5S. The maximum atomic E-state index is 12.2. The van der Waals surface area contributed by atoms with E-state index in [1.165, 1.54) is 31.4 Å². The number of ether oxygens (including phenoxy) is 1. The second-order valence-corrected chi connectivity index (χ2v) is 7.33. The Labute approximate surface area is 135 Å². The van der Waals surface area contributed by atoms with E-state index < -0.39 is 27.5 Å². The van der Waals surface area contributed by atoms with Crippen molar-refractivity contribution >= 4 is 21.7 Å². The van der Waals surface area contributed by atoms with Gasteiger partial charge in [-0.15, -0.1) is 0 Å². The van der Waals surface area contributed by atoms with Gasteiger partial charge in [0.25, 0.3) is 0 Å². The molecule has 0 spiro atoms. The van der Waals surface area contributed by atoms with Crippen LogP contribution in [0.2, 0.25) is 0 Å².